The van der Waals surface area contributed by atoms with Gasteiger partial charge in [0.2, 0.25) is 0 Å². The Kier molecular flexibility index (Phi) is 4.49. The lowest BCUT2D eigenvalue weighted by Crippen LogP contribution is -2.51. The smallest absolute Gasteiger partial charge is 0.326 e. The van der Waals surface area contributed by atoms with E-state index in [1.54, 1.807) is 0 Å². The summed E-state index contributed by atoms with van der Waals surface area (Å²) in [5.74, 6) is -0.700. The van der Waals surface area contributed by atoms with Crippen LogP contribution in [-0.4, -0.2) is 29.6 Å². The van der Waals surface area contributed by atoms with Gasteiger partial charge in [0.05, 0.1) is 10.6 Å². The van der Waals surface area contributed by atoms with Crippen molar-refractivity contribution in [2.24, 2.45) is 0 Å². The van der Waals surface area contributed by atoms with E-state index in [-0.39, 0.29) is 23.6 Å². The van der Waals surface area contributed by atoms with E-state index in [0.29, 0.717) is 17.9 Å². The van der Waals surface area contributed by atoms with Gasteiger partial charge in [0.1, 0.15) is 6.04 Å². The minimum atomic E-state index is -4.42. The first-order valence-electron chi connectivity index (χ1n) is 6.13. The van der Waals surface area contributed by atoms with Gasteiger partial charge in [-0.2, -0.15) is 13.2 Å². The number of amides is 1. The zero-order chi connectivity index (χ0) is 14.9. The summed E-state index contributed by atoms with van der Waals surface area (Å²) >= 11 is 11.6. The number of hydrogen-bond donors (Lipinski definition) is 0. The fourth-order valence-corrected chi connectivity index (χ4v) is 2.82. The Morgan fingerprint density at radius 2 is 1.95 bits per heavy atom. The number of rotatable bonds is 1. The summed E-state index contributed by atoms with van der Waals surface area (Å²) in [6.45, 7) is 0.0853. The van der Waals surface area contributed by atoms with E-state index in [2.05, 4.69) is 0 Å². The molecule has 1 saturated heterocycles. The quantitative estimate of drug-likeness (QED) is 0.741. The lowest BCUT2D eigenvalue weighted by Gasteiger charge is -2.36. The summed E-state index contributed by atoms with van der Waals surface area (Å²) in [4.78, 5) is 13.1. The number of nitrogens with zero attached hydrogens (tertiary/aromatic N) is 1. The Morgan fingerprint density at radius 3 is 2.55 bits per heavy atom. The number of likely N-dealkylation sites (tertiary alicyclic amines) is 1. The van der Waals surface area contributed by atoms with Crippen molar-refractivity contribution in [1.82, 2.24) is 4.90 Å². The standard InChI is InChI=1S/C13H12Cl2F3NO/c14-8-4-5-9(10(15)7-8)12(20)19-6-2-1-3-11(19)13(16,17)18/h4-5,7,11H,1-3,6H2. The van der Waals surface area contributed by atoms with Gasteiger partial charge in [-0.1, -0.05) is 23.2 Å². The molecule has 0 N–H and O–H groups in total. The normalized spacial score (nSPS) is 20.1. The van der Waals surface area contributed by atoms with Crippen molar-refractivity contribution in [2.75, 3.05) is 6.54 Å². The fourth-order valence-electron chi connectivity index (χ4n) is 2.33. The van der Waals surface area contributed by atoms with Crippen molar-refractivity contribution >= 4 is 29.1 Å². The van der Waals surface area contributed by atoms with Gasteiger partial charge >= 0.3 is 6.18 Å². The minimum Gasteiger partial charge on any atom is -0.326 e. The first kappa shape index (κ1) is 15.4. The van der Waals surface area contributed by atoms with Crippen LogP contribution in [-0.2, 0) is 0 Å². The minimum absolute atomic E-state index is 0.0483. The Labute approximate surface area is 124 Å². The van der Waals surface area contributed by atoms with E-state index in [1.807, 2.05) is 0 Å². The van der Waals surface area contributed by atoms with Crippen molar-refractivity contribution < 1.29 is 18.0 Å². The van der Waals surface area contributed by atoms with Crippen LogP contribution in [0.15, 0.2) is 18.2 Å². The second-order valence-corrected chi connectivity index (χ2v) is 5.52. The maximum absolute atomic E-state index is 13.0. The molecule has 1 aromatic rings. The van der Waals surface area contributed by atoms with Crippen LogP contribution in [0.25, 0.3) is 0 Å². The molecule has 1 aromatic carbocycles. The van der Waals surface area contributed by atoms with Crippen LogP contribution in [0.3, 0.4) is 0 Å². The second-order valence-electron chi connectivity index (χ2n) is 4.68. The molecule has 0 aliphatic carbocycles. The zero-order valence-corrected chi connectivity index (χ0v) is 11.9. The Morgan fingerprint density at radius 1 is 1.25 bits per heavy atom. The highest BCUT2D eigenvalue weighted by atomic mass is 35.5. The number of alkyl halides is 3. The van der Waals surface area contributed by atoms with E-state index in [0.717, 1.165) is 4.90 Å². The largest absolute Gasteiger partial charge is 0.408 e. The van der Waals surface area contributed by atoms with Crippen LogP contribution in [0.1, 0.15) is 29.6 Å². The van der Waals surface area contributed by atoms with E-state index >= 15 is 0 Å². The third kappa shape index (κ3) is 3.20. The van der Waals surface area contributed by atoms with E-state index in [1.165, 1.54) is 18.2 Å². The predicted octanol–water partition coefficient (Wildman–Crippen LogP) is 4.55. The molecule has 20 heavy (non-hydrogen) atoms. The number of piperidine rings is 1. The van der Waals surface area contributed by atoms with Gasteiger partial charge in [-0.15, -0.1) is 0 Å². The van der Waals surface area contributed by atoms with Gasteiger partial charge in [-0.05, 0) is 37.5 Å². The van der Waals surface area contributed by atoms with E-state index < -0.39 is 18.1 Å². The third-order valence-corrected chi connectivity index (χ3v) is 3.85. The molecular formula is C13H12Cl2F3NO. The van der Waals surface area contributed by atoms with Crippen molar-refractivity contribution in [2.45, 2.75) is 31.5 Å². The summed E-state index contributed by atoms with van der Waals surface area (Å²) in [5.41, 5.74) is 0.0483. The topological polar surface area (TPSA) is 20.3 Å². The summed E-state index contributed by atoms with van der Waals surface area (Å²) in [5, 5.41) is 0.395. The molecule has 0 spiro atoms. The van der Waals surface area contributed by atoms with Crippen molar-refractivity contribution in [3.05, 3.63) is 33.8 Å². The highest BCUT2D eigenvalue weighted by molar-refractivity contribution is 6.36. The Bertz CT molecular complexity index is 519. The van der Waals surface area contributed by atoms with E-state index in [9.17, 15) is 18.0 Å². The number of halogens is 5. The predicted molar refractivity (Wildman–Crippen MR) is 71.2 cm³/mol. The maximum atomic E-state index is 13.0. The van der Waals surface area contributed by atoms with Gasteiger partial charge in [0.15, 0.2) is 0 Å². The molecule has 110 valence electrons. The summed E-state index contributed by atoms with van der Waals surface area (Å²) in [6, 6.07) is 2.40. The van der Waals surface area contributed by atoms with Gasteiger partial charge in [0, 0.05) is 11.6 Å². The molecule has 1 amide bonds. The molecule has 1 unspecified atom stereocenters. The molecule has 1 fully saturated rings. The van der Waals surface area contributed by atoms with Crippen LogP contribution in [0.2, 0.25) is 10.0 Å². The van der Waals surface area contributed by atoms with Crippen LogP contribution in [0, 0.1) is 0 Å². The highest BCUT2D eigenvalue weighted by Gasteiger charge is 2.46. The lowest BCUT2D eigenvalue weighted by molar-refractivity contribution is -0.183. The van der Waals surface area contributed by atoms with Crippen molar-refractivity contribution in [3.8, 4) is 0 Å². The fraction of sp³-hybridized carbons (Fsp3) is 0.462. The van der Waals surface area contributed by atoms with Crippen molar-refractivity contribution in [1.29, 1.82) is 0 Å². The molecule has 0 aromatic heterocycles. The average molecular weight is 326 g/mol. The van der Waals surface area contributed by atoms with Crippen LogP contribution >= 0.6 is 23.2 Å². The van der Waals surface area contributed by atoms with Gasteiger partial charge < -0.3 is 4.90 Å². The van der Waals surface area contributed by atoms with Crippen LogP contribution in [0.5, 0.6) is 0 Å². The van der Waals surface area contributed by atoms with Crippen LogP contribution < -0.4 is 0 Å². The summed E-state index contributed by atoms with van der Waals surface area (Å²) in [6.07, 6.45) is -3.47. The first-order chi connectivity index (χ1) is 9.30. The molecule has 2 rings (SSSR count). The van der Waals surface area contributed by atoms with Crippen molar-refractivity contribution in [3.63, 3.8) is 0 Å². The Hall–Kier alpha value is -0.940. The molecule has 7 heteroatoms. The molecule has 0 radical (unpaired) electrons. The monoisotopic (exact) mass is 325 g/mol. The molecule has 0 bridgehead atoms. The van der Waals surface area contributed by atoms with Gasteiger partial charge in [0.25, 0.3) is 5.91 Å². The van der Waals surface area contributed by atoms with Gasteiger partial charge in [-0.25, -0.2) is 0 Å². The molecule has 0 saturated carbocycles. The molecular weight excluding hydrogens is 314 g/mol. The van der Waals surface area contributed by atoms with E-state index in [4.69, 9.17) is 23.2 Å². The molecule has 1 aliphatic heterocycles. The molecule has 1 atom stereocenters. The summed E-state index contributed by atoms with van der Waals surface area (Å²) < 4.78 is 39.0. The molecule has 2 nitrogen and oxygen atoms in total. The number of carbonyl (C=O) groups is 1. The maximum Gasteiger partial charge on any atom is 0.408 e. The number of hydrogen-bond acceptors (Lipinski definition) is 1. The summed E-state index contributed by atoms with van der Waals surface area (Å²) in [7, 11) is 0. The van der Waals surface area contributed by atoms with Crippen LogP contribution in [0.4, 0.5) is 13.2 Å². The first-order valence-corrected chi connectivity index (χ1v) is 6.89. The molecule has 1 aliphatic rings. The Balaban J connectivity index is 2.30. The average Bonchev–Trinajstić information content (AvgIpc) is 2.37. The second kappa shape index (κ2) is 5.82. The third-order valence-electron chi connectivity index (χ3n) is 3.30. The number of benzene rings is 1. The zero-order valence-electron chi connectivity index (χ0n) is 10.4. The number of carbonyl (C=O) groups excluding carboxylic acids is 1. The SMILES string of the molecule is O=C(c1ccc(Cl)cc1Cl)N1CCCCC1C(F)(F)F. The highest BCUT2D eigenvalue weighted by Crippen LogP contribution is 2.33. The molecule has 1 heterocycles. The lowest BCUT2D eigenvalue weighted by atomic mass is 10.0. The van der Waals surface area contributed by atoms with Gasteiger partial charge in [-0.3, -0.25) is 4.79 Å².